The zero-order valence-corrected chi connectivity index (χ0v) is 15.8. The standard InChI is InChI=1S/C21H20FN3O4/c1-28-14-3-5-18(16(11-14)21(26)27)24-20-15-10-13(22)2-4-17(15)23-12-19(20)25-6-8-29-9-7-25/h2-5,10-12H,6-9H2,1H3,(H,23,24)(H,26,27). The molecule has 1 saturated heterocycles. The zero-order valence-electron chi connectivity index (χ0n) is 15.8. The highest BCUT2D eigenvalue weighted by Gasteiger charge is 2.20. The summed E-state index contributed by atoms with van der Waals surface area (Å²) in [5, 5.41) is 13.4. The Bertz CT molecular complexity index is 1070. The van der Waals surface area contributed by atoms with Crippen molar-refractivity contribution < 1.29 is 23.8 Å². The van der Waals surface area contributed by atoms with E-state index in [9.17, 15) is 14.3 Å². The van der Waals surface area contributed by atoms with Crippen LogP contribution in [-0.4, -0.2) is 49.5 Å². The van der Waals surface area contributed by atoms with Crippen LogP contribution in [0.25, 0.3) is 10.9 Å². The molecule has 0 atom stereocenters. The fraction of sp³-hybridized carbons (Fsp3) is 0.238. The van der Waals surface area contributed by atoms with Crippen LogP contribution in [0, 0.1) is 5.82 Å². The van der Waals surface area contributed by atoms with Crippen LogP contribution in [0.3, 0.4) is 0 Å². The van der Waals surface area contributed by atoms with Crippen molar-refractivity contribution in [2.75, 3.05) is 43.6 Å². The number of morpholine rings is 1. The summed E-state index contributed by atoms with van der Waals surface area (Å²) >= 11 is 0. The van der Waals surface area contributed by atoms with E-state index >= 15 is 0 Å². The average molecular weight is 397 g/mol. The van der Waals surface area contributed by atoms with E-state index in [2.05, 4.69) is 15.2 Å². The van der Waals surface area contributed by atoms with Crippen molar-refractivity contribution in [3.05, 3.63) is 54.0 Å². The van der Waals surface area contributed by atoms with Crippen LogP contribution in [0.1, 0.15) is 10.4 Å². The van der Waals surface area contributed by atoms with Crippen molar-refractivity contribution in [1.29, 1.82) is 0 Å². The average Bonchev–Trinajstić information content (AvgIpc) is 2.74. The number of aromatic carboxylic acids is 1. The Kier molecular flexibility index (Phi) is 5.18. The molecule has 150 valence electrons. The van der Waals surface area contributed by atoms with Gasteiger partial charge in [-0.1, -0.05) is 0 Å². The first kappa shape index (κ1) is 18.9. The van der Waals surface area contributed by atoms with Gasteiger partial charge in [-0.2, -0.15) is 0 Å². The summed E-state index contributed by atoms with van der Waals surface area (Å²) in [7, 11) is 1.48. The number of carboxylic acids is 1. The Hall–Kier alpha value is -3.39. The molecule has 1 fully saturated rings. The van der Waals surface area contributed by atoms with Crippen LogP contribution in [-0.2, 0) is 4.74 Å². The number of carboxylic acid groups (broad SMARTS) is 1. The molecule has 7 nitrogen and oxygen atoms in total. The second-order valence-corrected chi connectivity index (χ2v) is 6.62. The molecule has 0 amide bonds. The van der Waals surface area contributed by atoms with Gasteiger partial charge in [0.1, 0.15) is 11.6 Å². The number of rotatable bonds is 5. The van der Waals surface area contributed by atoms with Crippen LogP contribution in [0.2, 0.25) is 0 Å². The number of methoxy groups -OCH3 is 1. The van der Waals surface area contributed by atoms with Gasteiger partial charge < -0.3 is 24.8 Å². The van der Waals surface area contributed by atoms with E-state index in [1.807, 2.05) is 0 Å². The largest absolute Gasteiger partial charge is 0.497 e. The van der Waals surface area contributed by atoms with Gasteiger partial charge in [0.05, 0.1) is 54.7 Å². The minimum absolute atomic E-state index is 0.0543. The number of anilines is 3. The number of ether oxygens (including phenoxy) is 2. The third kappa shape index (κ3) is 3.79. The Balaban J connectivity index is 1.87. The summed E-state index contributed by atoms with van der Waals surface area (Å²) in [5.74, 6) is -1.05. The molecule has 1 aliphatic rings. The van der Waals surface area contributed by atoms with Crippen LogP contribution in [0.4, 0.5) is 21.5 Å². The molecule has 8 heteroatoms. The Morgan fingerprint density at radius 2 is 2.03 bits per heavy atom. The number of aromatic nitrogens is 1. The molecule has 0 aliphatic carbocycles. The fourth-order valence-corrected chi connectivity index (χ4v) is 3.40. The summed E-state index contributed by atoms with van der Waals surface area (Å²) in [5.41, 5.74) is 2.40. The predicted octanol–water partition coefficient (Wildman–Crippen LogP) is 3.66. The summed E-state index contributed by atoms with van der Waals surface area (Å²) < 4.78 is 24.6. The lowest BCUT2D eigenvalue weighted by molar-refractivity contribution is 0.0697. The van der Waals surface area contributed by atoms with Crippen molar-refractivity contribution in [3.8, 4) is 5.75 Å². The molecular formula is C21H20FN3O4. The van der Waals surface area contributed by atoms with Crippen LogP contribution in [0.5, 0.6) is 5.75 Å². The third-order valence-corrected chi connectivity index (χ3v) is 4.88. The maximum atomic E-state index is 14.0. The van der Waals surface area contributed by atoms with Crippen molar-refractivity contribution in [3.63, 3.8) is 0 Å². The highest BCUT2D eigenvalue weighted by Crippen LogP contribution is 2.37. The molecule has 4 rings (SSSR count). The maximum absolute atomic E-state index is 14.0. The van der Waals surface area contributed by atoms with Gasteiger partial charge in [0.25, 0.3) is 0 Å². The lowest BCUT2D eigenvalue weighted by Gasteiger charge is -2.31. The second kappa shape index (κ2) is 7.92. The number of nitrogens with one attached hydrogen (secondary N) is 1. The van der Waals surface area contributed by atoms with Crippen molar-refractivity contribution >= 4 is 33.9 Å². The van der Waals surface area contributed by atoms with Crippen molar-refractivity contribution in [2.45, 2.75) is 0 Å². The molecular weight excluding hydrogens is 377 g/mol. The molecule has 2 aromatic carbocycles. The van der Waals surface area contributed by atoms with Gasteiger partial charge in [0.2, 0.25) is 0 Å². The van der Waals surface area contributed by atoms with E-state index in [4.69, 9.17) is 9.47 Å². The topological polar surface area (TPSA) is 83.9 Å². The third-order valence-electron chi connectivity index (χ3n) is 4.88. The summed E-state index contributed by atoms with van der Waals surface area (Å²) in [6, 6.07) is 9.11. The summed E-state index contributed by atoms with van der Waals surface area (Å²) in [6.07, 6.45) is 1.72. The van der Waals surface area contributed by atoms with Crippen molar-refractivity contribution in [1.82, 2.24) is 4.98 Å². The fourth-order valence-electron chi connectivity index (χ4n) is 3.40. The number of hydrogen-bond acceptors (Lipinski definition) is 6. The SMILES string of the molecule is COc1ccc(Nc2c(N3CCOCC3)cnc3ccc(F)cc23)c(C(=O)O)c1. The molecule has 3 aromatic rings. The molecule has 0 radical (unpaired) electrons. The number of carbonyl (C=O) groups is 1. The van der Waals surface area contributed by atoms with Crippen LogP contribution >= 0.6 is 0 Å². The molecule has 0 unspecified atom stereocenters. The second-order valence-electron chi connectivity index (χ2n) is 6.62. The first-order chi connectivity index (χ1) is 14.1. The van der Waals surface area contributed by atoms with E-state index in [1.54, 1.807) is 24.4 Å². The van der Waals surface area contributed by atoms with E-state index < -0.39 is 11.8 Å². The maximum Gasteiger partial charge on any atom is 0.337 e. The van der Waals surface area contributed by atoms with Gasteiger partial charge in [-0.25, -0.2) is 9.18 Å². The highest BCUT2D eigenvalue weighted by atomic mass is 19.1. The van der Waals surface area contributed by atoms with Gasteiger partial charge in [-0.05, 0) is 36.4 Å². The minimum Gasteiger partial charge on any atom is -0.497 e. The molecule has 2 heterocycles. The number of halogens is 1. The normalized spacial score (nSPS) is 14.1. The number of hydrogen-bond donors (Lipinski definition) is 2. The first-order valence-corrected chi connectivity index (χ1v) is 9.16. The minimum atomic E-state index is -1.09. The lowest BCUT2D eigenvalue weighted by Crippen LogP contribution is -2.36. The molecule has 2 N–H and O–H groups in total. The van der Waals surface area contributed by atoms with E-state index in [0.29, 0.717) is 54.3 Å². The Morgan fingerprint density at radius 3 is 2.76 bits per heavy atom. The Labute approximate surface area is 166 Å². The number of pyridine rings is 1. The molecule has 0 saturated carbocycles. The predicted molar refractivity (Wildman–Crippen MR) is 108 cm³/mol. The van der Waals surface area contributed by atoms with E-state index in [0.717, 1.165) is 5.69 Å². The highest BCUT2D eigenvalue weighted by molar-refractivity contribution is 6.02. The lowest BCUT2D eigenvalue weighted by atomic mass is 10.1. The van der Waals surface area contributed by atoms with E-state index in [-0.39, 0.29) is 5.56 Å². The van der Waals surface area contributed by atoms with Crippen LogP contribution < -0.4 is 15.0 Å². The van der Waals surface area contributed by atoms with Crippen LogP contribution in [0.15, 0.2) is 42.6 Å². The smallest absolute Gasteiger partial charge is 0.337 e. The van der Waals surface area contributed by atoms with Gasteiger partial charge in [0.15, 0.2) is 0 Å². The first-order valence-electron chi connectivity index (χ1n) is 9.16. The summed E-state index contributed by atoms with van der Waals surface area (Å²) in [6.45, 7) is 2.46. The number of fused-ring (bicyclic) bond motifs is 1. The van der Waals surface area contributed by atoms with Crippen molar-refractivity contribution in [2.24, 2.45) is 0 Å². The van der Waals surface area contributed by atoms with Gasteiger partial charge in [-0.3, -0.25) is 4.98 Å². The molecule has 29 heavy (non-hydrogen) atoms. The molecule has 0 bridgehead atoms. The molecule has 1 aromatic heterocycles. The van der Waals surface area contributed by atoms with Gasteiger partial charge in [0, 0.05) is 18.5 Å². The Morgan fingerprint density at radius 1 is 1.24 bits per heavy atom. The molecule has 1 aliphatic heterocycles. The summed E-state index contributed by atoms with van der Waals surface area (Å²) in [4.78, 5) is 18.3. The van der Waals surface area contributed by atoms with Gasteiger partial charge >= 0.3 is 5.97 Å². The molecule has 0 spiro atoms. The quantitative estimate of drug-likeness (QED) is 0.680. The van der Waals surface area contributed by atoms with E-state index in [1.165, 1.54) is 25.3 Å². The number of nitrogens with zero attached hydrogens (tertiary/aromatic N) is 2. The number of benzene rings is 2. The monoisotopic (exact) mass is 397 g/mol. The van der Waals surface area contributed by atoms with Gasteiger partial charge in [-0.15, -0.1) is 0 Å². The zero-order chi connectivity index (χ0) is 20.4.